The van der Waals surface area contributed by atoms with E-state index in [-0.39, 0.29) is 18.1 Å². The van der Waals surface area contributed by atoms with Crippen LogP contribution in [0.25, 0.3) is 11.0 Å². The van der Waals surface area contributed by atoms with Crippen LogP contribution in [-0.4, -0.2) is 24.7 Å². The molecule has 1 aliphatic rings. The quantitative estimate of drug-likeness (QED) is 0.903. The molecule has 1 amide bonds. The Kier molecular flexibility index (Phi) is 3.94. The van der Waals surface area contributed by atoms with Crippen molar-refractivity contribution in [1.29, 1.82) is 0 Å². The van der Waals surface area contributed by atoms with E-state index in [4.69, 9.17) is 14.9 Å². The third kappa shape index (κ3) is 2.94. The zero-order valence-corrected chi connectivity index (χ0v) is 12.0. The lowest BCUT2D eigenvalue weighted by molar-refractivity contribution is -0.132. The lowest BCUT2D eigenvalue weighted by atomic mass is 10.1. The molecule has 5 nitrogen and oxygen atoms in total. The SMILES string of the molecule is CC(NC(=O)C1CCC(CN)O1)c1cc2ccccc2o1. The number of carbonyl (C=O) groups excluding carboxylic acids is 1. The van der Waals surface area contributed by atoms with Crippen molar-refractivity contribution in [2.75, 3.05) is 6.54 Å². The number of hydrogen-bond donors (Lipinski definition) is 2. The Morgan fingerprint density at radius 2 is 2.24 bits per heavy atom. The predicted octanol–water partition coefficient (Wildman–Crippen LogP) is 2.12. The van der Waals surface area contributed by atoms with Crippen molar-refractivity contribution in [3.8, 4) is 0 Å². The second kappa shape index (κ2) is 5.87. The van der Waals surface area contributed by atoms with Gasteiger partial charge < -0.3 is 20.2 Å². The second-order valence-electron chi connectivity index (χ2n) is 5.48. The number of nitrogens with two attached hydrogens (primary N) is 1. The van der Waals surface area contributed by atoms with Crippen LogP contribution in [0.5, 0.6) is 0 Å². The lowest BCUT2D eigenvalue weighted by Gasteiger charge is -2.16. The summed E-state index contributed by atoms with van der Waals surface area (Å²) >= 11 is 0. The summed E-state index contributed by atoms with van der Waals surface area (Å²) in [4.78, 5) is 12.2. The van der Waals surface area contributed by atoms with Crippen LogP contribution in [0.15, 0.2) is 34.7 Å². The van der Waals surface area contributed by atoms with E-state index in [1.807, 2.05) is 37.3 Å². The average molecular weight is 288 g/mol. The number of nitrogens with one attached hydrogen (secondary N) is 1. The molecule has 2 heterocycles. The van der Waals surface area contributed by atoms with Gasteiger partial charge >= 0.3 is 0 Å². The molecule has 1 saturated heterocycles. The van der Waals surface area contributed by atoms with Gasteiger partial charge in [0.25, 0.3) is 0 Å². The standard InChI is InChI=1S/C16H20N2O3/c1-10(15-8-11-4-2-3-5-13(11)21-15)18-16(19)14-7-6-12(9-17)20-14/h2-5,8,10,12,14H,6-7,9,17H2,1H3,(H,18,19). The Labute approximate surface area is 123 Å². The average Bonchev–Trinajstić information content (AvgIpc) is 3.13. The molecular weight excluding hydrogens is 268 g/mol. The summed E-state index contributed by atoms with van der Waals surface area (Å²) in [5, 5.41) is 3.98. The topological polar surface area (TPSA) is 77.5 Å². The molecule has 0 spiro atoms. The van der Waals surface area contributed by atoms with Gasteiger partial charge in [-0.2, -0.15) is 0 Å². The highest BCUT2D eigenvalue weighted by Crippen LogP contribution is 2.25. The number of ether oxygens (including phenoxy) is 1. The van der Waals surface area contributed by atoms with Crippen LogP contribution in [0.2, 0.25) is 0 Å². The van der Waals surface area contributed by atoms with Gasteiger partial charge in [-0.05, 0) is 31.9 Å². The maximum Gasteiger partial charge on any atom is 0.249 e. The first-order valence-electron chi connectivity index (χ1n) is 7.31. The molecule has 1 aromatic heterocycles. The van der Waals surface area contributed by atoms with Gasteiger partial charge in [-0.3, -0.25) is 4.79 Å². The molecule has 0 radical (unpaired) electrons. The number of rotatable bonds is 4. The summed E-state index contributed by atoms with van der Waals surface area (Å²) in [5.41, 5.74) is 6.39. The Hall–Kier alpha value is -1.85. The van der Waals surface area contributed by atoms with Gasteiger partial charge in [0, 0.05) is 11.9 Å². The molecule has 0 aliphatic carbocycles. The minimum atomic E-state index is -0.398. The Morgan fingerprint density at radius 3 is 2.95 bits per heavy atom. The first-order chi connectivity index (χ1) is 10.2. The molecule has 2 aromatic rings. The fraction of sp³-hybridized carbons (Fsp3) is 0.438. The molecule has 5 heteroatoms. The molecule has 0 saturated carbocycles. The van der Waals surface area contributed by atoms with E-state index in [9.17, 15) is 4.79 Å². The highest BCUT2D eigenvalue weighted by atomic mass is 16.5. The molecule has 21 heavy (non-hydrogen) atoms. The first kappa shape index (κ1) is 14.1. The highest BCUT2D eigenvalue weighted by molar-refractivity contribution is 5.82. The fourth-order valence-corrected chi connectivity index (χ4v) is 2.67. The summed E-state index contributed by atoms with van der Waals surface area (Å²) in [6.45, 7) is 2.37. The van der Waals surface area contributed by atoms with Crippen molar-refractivity contribution in [3.05, 3.63) is 36.1 Å². The van der Waals surface area contributed by atoms with Crippen LogP contribution in [-0.2, 0) is 9.53 Å². The van der Waals surface area contributed by atoms with E-state index >= 15 is 0 Å². The van der Waals surface area contributed by atoms with Crippen molar-refractivity contribution in [2.24, 2.45) is 5.73 Å². The third-order valence-electron chi connectivity index (χ3n) is 3.89. The summed E-state index contributed by atoms with van der Waals surface area (Å²) in [6.07, 6.45) is 1.17. The van der Waals surface area contributed by atoms with Crippen molar-refractivity contribution < 1.29 is 13.9 Å². The third-order valence-corrected chi connectivity index (χ3v) is 3.89. The number of para-hydroxylation sites is 1. The maximum absolute atomic E-state index is 12.2. The summed E-state index contributed by atoms with van der Waals surface area (Å²) in [6, 6.07) is 9.56. The lowest BCUT2D eigenvalue weighted by Crippen LogP contribution is -2.36. The van der Waals surface area contributed by atoms with E-state index < -0.39 is 6.10 Å². The van der Waals surface area contributed by atoms with Crippen LogP contribution >= 0.6 is 0 Å². The molecule has 112 valence electrons. The van der Waals surface area contributed by atoms with Gasteiger partial charge in [0.1, 0.15) is 17.4 Å². The van der Waals surface area contributed by atoms with E-state index in [0.717, 1.165) is 29.6 Å². The Balaban J connectivity index is 1.65. The van der Waals surface area contributed by atoms with Gasteiger partial charge in [-0.1, -0.05) is 18.2 Å². The number of amides is 1. The normalized spacial score (nSPS) is 23.3. The summed E-state index contributed by atoms with van der Waals surface area (Å²) in [7, 11) is 0. The molecule has 3 N–H and O–H groups in total. The summed E-state index contributed by atoms with van der Waals surface area (Å²) in [5.74, 6) is 0.650. The largest absolute Gasteiger partial charge is 0.459 e. The fourth-order valence-electron chi connectivity index (χ4n) is 2.67. The molecule has 3 unspecified atom stereocenters. The van der Waals surface area contributed by atoms with Crippen molar-refractivity contribution in [3.63, 3.8) is 0 Å². The monoisotopic (exact) mass is 288 g/mol. The van der Waals surface area contributed by atoms with Gasteiger partial charge in [-0.25, -0.2) is 0 Å². The molecular formula is C16H20N2O3. The molecule has 1 fully saturated rings. The van der Waals surface area contributed by atoms with Crippen LogP contribution in [0.1, 0.15) is 31.6 Å². The van der Waals surface area contributed by atoms with E-state index in [1.54, 1.807) is 0 Å². The second-order valence-corrected chi connectivity index (χ2v) is 5.48. The zero-order chi connectivity index (χ0) is 14.8. The zero-order valence-electron chi connectivity index (χ0n) is 12.0. The Bertz CT molecular complexity index is 604. The van der Waals surface area contributed by atoms with Crippen LogP contribution in [0.4, 0.5) is 0 Å². The molecule has 3 atom stereocenters. The van der Waals surface area contributed by atoms with E-state index in [1.165, 1.54) is 0 Å². The predicted molar refractivity (Wildman–Crippen MR) is 79.7 cm³/mol. The number of fused-ring (bicyclic) bond motifs is 1. The maximum atomic E-state index is 12.2. The van der Waals surface area contributed by atoms with E-state index in [0.29, 0.717) is 6.54 Å². The summed E-state index contributed by atoms with van der Waals surface area (Å²) < 4.78 is 11.4. The first-order valence-corrected chi connectivity index (χ1v) is 7.31. The number of hydrogen-bond acceptors (Lipinski definition) is 4. The highest BCUT2D eigenvalue weighted by Gasteiger charge is 2.30. The molecule has 1 aliphatic heterocycles. The van der Waals surface area contributed by atoms with Crippen LogP contribution < -0.4 is 11.1 Å². The van der Waals surface area contributed by atoms with Crippen molar-refractivity contribution in [1.82, 2.24) is 5.32 Å². The van der Waals surface area contributed by atoms with Crippen molar-refractivity contribution >= 4 is 16.9 Å². The van der Waals surface area contributed by atoms with Gasteiger partial charge in [0.15, 0.2) is 0 Å². The number of carbonyl (C=O) groups is 1. The smallest absolute Gasteiger partial charge is 0.249 e. The van der Waals surface area contributed by atoms with Gasteiger partial charge in [0.2, 0.25) is 5.91 Å². The minimum Gasteiger partial charge on any atom is -0.459 e. The van der Waals surface area contributed by atoms with E-state index in [2.05, 4.69) is 5.32 Å². The van der Waals surface area contributed by atoms with Gasteiger partial charge in [-0.15, -0.1) is 0 Å². The minimum absolute atomic E-state index is 0.00209. The van der Waals surface area contributed by atoms with Crippen molar-refractivity contribution in [2.45, 2.75) is 38.0 Å². The molecule has 3 rings (SSSR count). The molecule has 1 aromatic carbocycles. The Morgan fingerprint density at radius 1 is 1.43 bits per heavy atom. The van der Waals surface area contributed by atoms with Crippen LogP contribution in [0, 0.1) is 0 Å². The van der Waals surface area contributed by atoms with Crippen LogP contribution in [0.3, 0.4) is 0 Å². The number of furan rings is 1. The number of benzene rings is 1. The molecule has 0 bridgehead atoms. The van der Waals surface area contributed by atoms with Gasteiger partial charge in [0.05, 0.1) is 12.1 Å².